The molecule has 35 valence electrons. The second kappa shape index (κ2) is 57.7. The Morgan fingerprint density at radius 2 is 0.667 bits per heavy atom. The third-order valence-electron chi connectivity index (χ3n) is 0. The Bertz CT molecular complexity index is 10.8. The Morgan fingerprint density at radius 3 is 0.667 bits per heavy atom. The molecule has 0 N–H and O–H groups in total. The molecule has 0 spiro atoms. The summed E-state index contributed by atoms with van der Waals surface area (Å²) in [5, 5.41) is 0. The summed E-state index contributed by atoms with van der Waals surface area (Å²) in [5.41, 5.74) is 0. The van der Waals surface area contributed by atoms with Crippen molar-refractivity contribution in [2.75, 3.05) is 0 Å². The van der Waals surface area contributed by atoms with Gasteiger partial charge in [0.15, 0.2) is 0 Å². The van der Waals surface area contributed by atoms with Crippen LogP contribution in [0.2, 0.25) is 0 Å². The molecule has 0 heterocycles. The topological polar surface area (TPSA) is 85.5 Å². The summed E-state index contributed by atoms with van der Waals surface area (Å²) in [7, 11) is 0. The molecule has 1 radical (unpaired) electrons. The molecule has 0 rings (SSSR count). The first-order chi connectivity index (χ1) is 0. The van der Waals surface area contributed by atoms with Crippen molar-refractivity contribution in [3.63, 3.8) is 0 Å². The van der Waals surface area contributed by atoms with Crippen LogP contribution in [0.4, 0.5) is 0 Å². The van der Waals surface area contributed by atoms with Gasteiger partial charge in [0, 0.05) is 0 Å². The Balaban J connectivity index is 0. The molecule has 0 saturated carbocycles. The van der Waals surface area contributed by atoms with Gasteiger partial charge in [0.05, 0.1) is 0 Å². The molecule has 0 aliphatic carbocycles. The molecule has 0 aromatic heterocycles. The van der Waals surface area contributed by atoms with Crippen molar-refractivity contribution in [2.24, 2.45) is 0 Å². The monoisotopic (exact) mass is 199 g/mol. The third-order valence-corrected chi connectivity index (χ3v) is 0. The van der Waals surface area contributed by atoms with E-state index in [9.17, 15) is 0 Å². The summed E-state index contributed by atoms with van der Waals surface area (Å²) in [6.07, 6.45) is 0. The fourth-order valence-corrected chi connectivity index (χ4v) is 0. The van der Waals surface area contributed by atoms with Crippen LogP contribution in [0.5, 0.6) is 0 Å². The quantitative estimate of drug-likeness (QED) is 0.460. The summed E-state index contributed by atoms with van der Waals surface area (Å²) < 4.78 is 0. The molecule has 0 aromatic carbocycles. The van der Waals surface area contributed by atoms with E-state index < -0.39 is 0 Å². The zero-order valence-corrected chi connectivity index (χ0v) is 7.16. The minimum atomic E-state index is 0. The summed E-state index contributed by atoms with van der Waals surface area (Å²) >= 11 is 0. The normalized spacial score (nSPS) is 0. The van der Waals surface area contributed by atoms with Crippen LogP contribution in [-0.2, 0) is 50.6 Å². The minimum Gasteiger partial charge on any atom is -2.00 e. The van der Waals surface area contributed by atoms with Gasteiger partial charge in [0.2, 0.25) is 0 Å². The SMILES string of the molecule is [Ca+2].[Fe+2].[Mn+2].[O-2].[O-2].[O-2]. The average molecular weight is 199 g/mol. The third kappa shape index (κ3) is 34.9. The van der Waals surface area contributed by atoms with Gasteiger partial charge in [-0.15, -0.1) is 0 Å². The van der Waals surface area contributed by atoms with Gasteiger partial charge in [-0.25, -0.2) is 0 Å². The molecule has 6 heteroatoms. The maximum Gasteiger partial charge on any atom is 2.00 e. The van der Waals surface area contributed by atoms with Gasteiger partial charge in [-0.2, -0.15) is 0 Å². The predicted octanol–water partition coefficient (Wildman–Crippen LogP) is -0.742. The standard InChI is InChI=1S/Ca.Fe.Mn.3O/q3*+2;3*-2. The van der Waals surface area contributed by atoms with Crippen LogP contribution < -0.4 is 0 Å². The zero-order chi connectivity index (χ0) is 0. The second-order valence-electron chi connectivity index (χ2n) is 0. The molecule has 0 saturated heterocycles. The molecule has 0 fully saturated rings. The Morgan fingerprint density at radius 1 is 0.667 bits per heavy atom. The van der Waals surface area contributed by atoms with E-state index in [1.807, 2.05) is 0 Å². The van der Waals surface area contributed by atoms with Gasteiger partial charge >= 0.3 is 71.9 Å². The van der Waals surface area contributed by atoms with Crippen molar-refractivity contribution in [1.29, 1.82) is 0 Å². The molecular formula is CaFeMnO3. The zero-order valence-electron chi connectivity index (χ0n) is 2.66. The maximum absolute atomic E-state index is 0. The van der Waals surface area contributed by atoms with Crippen LogP contribution in [0.15, 0.2) is 0 Å². The molecule has 0 aliphatic rings. The Labute approximate surface area is 87.1 Å². The smallest absolute Gasteiger partial charge is 2.00 e. The molecule has 0 atom stereocenters. The molecule has 0 amide bonds. The maximum atomic E-state index is 0. The van der Waals surface area contributed by atoms with E-state index in [4.69, 9.17) is 0 Å². The number of rotatable bonds is 0. The van der Waals surface area contributed by atoms with Crippen LogP contribution in [-0.4, -0.2) is 37.7 Å². The largest absolute Gasteiger partial charge is 2.00 e. The molecule has 0 unspecified atom stereocenters. The van der Waals surface area contributed by atoms with E-state index >= 15 is 0 Å². The summed E-state index contributed by atoms with van der Waals surface area (Å²) in [4.78, 5) is 0. The van der Waals surface area contributed by atoms with Crippen LogP contribution in [0.25, 0.3) is 0 Å². The fraction of sp³-hybridized carbons (Fsp3) is 0. The Hall–Kier alpha value is 2.18. The van der Waals surface area contributed by atoms with E-state index in [1.165, 1.54) is 0 Å². The molecule has 0 bridgehead atoms. The summed E-state index contributed by atoms with van der Waals surface area (Å²) in [5.74, 6) is 0. The van der Waals surface area contributed by atoms with Crippen molar-refractivity contribution in [3.05, 3.63) is 0 Å². The molecule has 0 aromatic rings. The minimum absolute atomic E-state index is 0. The van der Waals surface area contributed by atoms with E-state index in [1.54, 1.807) is 0 Å². The Kier molecular flexibility index (Phi) is 854. The first kappa shape index (κ1) is 88.8. The van der Waals surface area contributed by atoms with Crippen molar-refractivity contribution in [1.82, 2.24) is 0 Å². The van der Waals surface area contributed by atoms with E-state index in [2.05, 4.69) is 0 Å². The molecular weight excluding hydrogens is 199 g/mol. The van der Waals surface area contributed by atoms with Gasteiger partial charge in [-0.1, -0.05) is 0 Å². The van der Waals surface area contributed by atoms with Gasteiger partial charge in [0.1, 0.15) is 0 Å². The van der Waals surface area contributed by atoms with Crippen molar-refractivity contribution < 1.29 is 50.6 Å². The first-order valence-electron chi connectivity index (χ1n) is 0. The van der Waals surface area contributed by atoms with Crippen LogP contribution in [0, 0.1) is 0 Å². The molecule has 0 aliphatic heterocycles. The van der Waals surface area contributed by atoms with E-state index in [0.29, 0.717) is 0 Å². The van der Waals surface area contributed by atoms with Crippen molar-refractivity contribution in [2.45, 2.75) is 0 Å². The fourth-order valence-electron chi connectivity index (χ4n) is 0. The van der Waals surface area contributed by atoms with Crippen molar-refractivity contribution >= 4 is 37.7 Å². The first-order valence-corrected chi connectivity index (χ1v) is 0. The van der Waals surface area contributed by atoms with Crippen molar-refractivity contribution in [3.8, 4) is 0 Å². The summed E-state index contributed by atoms with van der Waals surface area (Å²) in [6.45, 7) is 0. The summed E-state index contributed by atoms with van der Waals surface area (Å²) in [6, 6.07) is 0. The predicted molar refractivity (Wildman–Crippen MR) is 7.81 cm³/mol. The average Bonchev–Trinajstić information content (AvgIpc) is 0. The van der Waals surface area contributed by atoms with Crippen LogP contribution in [0.1, 0.15) is 0 Å². The van der Waals surface area contributed by atoms with E-state index in [0.717, 1.165) is 0 Å². The van der Waals surface area contributed by atoms with Gasteiger partial charge in [0.25, 0.3) is 0 Å². The molecule has 6 heavy (non-hydrogen) atoms. The second-order valence-corrected chi connectivity index (χ2v) is 0. The van der Waals surface area contributed by atoms with Crippen LogP contribution in [0.3, 0.4) is 0 Å². The van der Waals surface area contributed by atoms with Crippen LogP contribution >= 0.6 is 0 Å². The molecule has 3 nitrogen and oxygen atoms in total. The van der Waals surface area contributed by atoms with Gasteiger partial charge < -0.3 is 16.4 Å². The van der Waals surface area contributed by atoms with Gasteiger partial charge in [-0.05, 0) is 0 Å². The van der Waals surface area contributed by atoms with Gasteiger partial charge in [-0.3, -0.25) is 0 Å². The number of hydrogen-bond acceptors (Lipinski definition) is 0. The number of hydrogen-bond donors (Lipinski definition) is 0. The van der Waals surface area contributed by atoms with E-state index in [-0.39, 0.29) is 88.3 Å².